The van der Waals surface area contributed by atoms with E-state index in [1.165, 1.54) is 7.11 Å². The van der Waals surface area contributed by atoms with Crippen molar-refractivity contribution in [2.75, 3.05) is 25.6 Å². The van der Waals surface area contributed by atoms with Crippen molar-refractivity contribution in [2.45, 2.75) is 13.3 Å². The molecule has 25 heavy (non-hydrogen) atoms. The van der Waals surface area contributed by atoms with Crippen molar-refractivity contribution < 1.29 is 23.8 Å². The second-order valence-corrected chi connectivity index (χ2v) is 5.23. The Balaban J connectivity index is 1.85. The van der Waals surface area contributed by atoms with Crippen LogP contribution in [0.5, 0.6) is 11.5 Å². The summed E-state index contributed by atoms with van der Waals surface area (Å²) in [4.78, 5) is 23.5. The zero-order valence-corrected chi connectivity index (χ0v) is 14.3. The van der Waals surface area contributed by atoms with E-state index in [0.29, 0.717) is 23.6 Å². The van der Waals surface area contributed by atoms with Gasteiger partial charge >= 0.3 is 5.97 Å². The summed E-state index contributed by atoms with van der Waals surface area (Å²) in [5.41, 5.74) is 0.865. The Hall–Kier alpha value is -3.02. The maximum absolute atomic E-state index is 12.0. The monoisotopic (exact) mass is 343 g/mol. The van der Waals surface area contributed by atoms with E-state index in [-0.39, 0.29) is 12.5 Å². The first kappa shape index (κ1) is 18.3. The second-order valence-electron chi connectivity index (χ2n) is 5.23. The smallest absolute Gasteiger partial charge is 0.337 e. The number of rotatable bonds is 8. The molecule has 0 saturated heterocycles. The van der Waals surface area contributed by atoms with Crippen LogP contribution in [0.2, 0.25) is 0 Å². The molecule has 2 aromatic rings. The zero-order valence-electron chi connectivity index (χ0n) is 14.3. The van der Waals surface area contributed by atoms with E-state index in [0.717, 1.165) is 12.2 Å². The minimum absolute atomic E-state index is 0.141. The molecular weight excluding hydrogens is 322 g/mol. The maximum atomic E-state index is 12.0. The summed E-state index contributed by atoms with van der Waals surface area (Å²) in [7, 11) is 1.31. The van der Waals surface area contributed by atoms with Crippen LogP contribution >= 0.6 is 0 Å². The summed E-state index contributed by atoms with van der Waals surface area (Å²) in [6, 6.07) is 13.6. The van der Waals surface area contributed by atoms with Gasteiger partial charge in [-0.1, -0.05) is 13.0 Å². The number of methoxy groups -OCH3 is 1. The van der Waals surface area contributed by atoms with Gasteiger partial charge in [0.05, 0.1) is 19.3 Å². The molecule has 0 aliphatic rings. The number of hydrogen-bond acceptors (Lipinski definition) is 5. The summed E-state index contributed by atoms with van der Waals surface area (Å²) in [5, 5.41) is 2.67. The van der Waals surface area contributed by atoms with Gasteiger partial charge in [0, 0.05) is 5.69 Å². The normalized spacial score (nSPS) is 10.0. The van der Waals surface area contributed by atoms with Gasteiger partial charge < -0.3 is 19.5 Å². The summed E-state index contributed by atoms with van der Waals surface area (Å²) < 4.78 is 15.6. The van der Waals surface area contributed by atoms with Crippen LogP contribution in [0.15, 0.2) is 48.5 Å². The van der Waals surface area contributed by atoms with Crippen molar-refractivity contribution in [3.63, 3.8) is 0 Å². The lowest BCUT2D eigenvalue weighted by atomic mass is 10.2. The van der Waals surface area contributed by atoms with Crippen molar-refractivity contribution in [2.24, 2.45) is 0 Å². The lowest BCUT2D eigenvalue weighted by molar-refractivity contribution is -0.118. The Morgan fingerprint density at radius 1 is 1.00 bits per heavy atom. The Kier molecular flexibility index (Phi) is 6.83. The van der Waals surface area contributed by atoms with E-state index in [2.05, 4.69) is 10.1 Å². The average Bonchev–Trinajstić information content (AvgIpc) is 2.65. The fourth-order valence-corrected chi connectivity index (χ4v) is 2.04. The fraction of sp³-hybridized carbons (Fsp3) is 0.263. The van der Waals surface area contributed by atoms with Gasteiger partial charge in [-0.05, 0) is 48.9 Å². The quantitative estimate of drug-likeness (QED) is 0.745. The summed E-state index contributed by atoms with van der Waals surface area (Å²) in [6.07, 6.45) is 0.940. The Morgan fingerprint density at radius 3 is 2.32 bits per heavy atom. The van der Waals surface area contributed by atoms with Crippen molar-refractivity contribution in [3.05, 3.63) is 54.1 Å². The molecule has 0 aliphatic carbocycles. The van der Waals surface area contributed by atoms with E-state index < -0.39 is 5.97 Å². The first-order valence-electron chi connectivity index (χ1n) is 7.96. The summed E-state index contributed by atoms with van der Waals surface area (Å²) >= 11 is 0. The standard InChI is InChI=1S/C19H21NO5/c1-3-11-24-16-7-9-17(10-8-16)25-13-18(21)20-15-6-4-5-14(12-15)19(22)23-2/h4-10,12H,3,11,13H2,1-2H3,(H,20,21). The second kappa shape index (κ2) is 9.32. The molecule has 0 aromatic heterocycles. The van der Waals surface area contributed by atoms with Gasteiger partial charge in [-0.3, -0.25) is 4.79 Å². The number of hydrogen-bond donors (Lipinski definition) is 1. The van der Waals surface area contributed by atoms with Crippen LogP contribution in [0.1, 0.15) is 23.7 Å². The average molecular weight is 343 g/mol. The van der Waals surface area contributed by atoms with E-state index in [1.807, 2.05) is 6.92 Å². The van der Waals surface area contributed by atoms with Crippen LogP contribution in [-0.4, -0.2) is 32.2 Å². The molecule has 1 amide bonds. The van der Waals surface area contributed by atoms with Crippen molar-refractivity contribution >= 4 is 17.6 Å². The highest BCUT2D eigenvalue weighted by molar-refractivity contribution is 5.95. The number of carbonyl (C=O) groups is 2. The predicted molar refractivity (Wildman–Crippen MR) is 94.1 cm³/mol. The predicted octanol–water partition coefficient (Wildman–Crippen LogP) is 3.28. The van der Waals surface area contributed by atoms with Crippen LogP contribution < -0.4 is 14.8 Å². The Bertz CT molecular complexity index is 712. The molecule has 0 heterocycles. The molecule has 0 unspecified atom stereocenters. The number of benzene rings is 2. The van der Waals surface area contributed by atoms with Crippen LogP contribution in [-0.2, 0) is 9.53 Å². The number of esters is 1. The largest absolute Gasteiger partial charge is 0.494 e. The van der Waals surface area contributed by atoms with Gasteiger partial charge in [-0.2, -0.15) is 0 Å². The SMILES string of the molecule is CCCOc1ccc(OCC(=O)Nc2cccc(C(=O)OC)c2)cc1. The van der Waals surface area contributed by atoms with Crippen LogP contribution in [0.3, 0.4) is 0 Å². The van der Waals surface area contributed by atoms with Crippen molar-refractivity contribution in [1.82, 2.24) is 0 Å². The third-order valence-electron chi connectivity index (χ3n) is 3.23. The first-order chi connectivity index (χ1) is 12.1. The highest BCUT2D eigenvalue weighted by Crippen LogP contribution is 2.18. The fourth-order valence-electron chi connectivity index (χ4n) is 2.04. The molecule has 2 aromatic carbocycles. The molecule has 6 nitrogen and oxygen atoms in total. The molecule has 0 fully saturated rings. The summed E-state index contributed by atoms with van der Waals surface area (Å²) in [5.74, 6) is 0.548. The van der Waals surface area contributed by atoms with Crippen LogP contribution in [0.4, 0.5) is 5.69 Å². The summed E-state index contributed by atoms with van der Waals surface area (Å²) in [6.45, 7) is 2.56. The number of amides is 1. The number of ether oxygens (including phenoxy) is 3. The van der Waals surface area contributed by atoms with Crippen molar-refractivity contribution in [1.29, 1.82) is 0 Å². The van der Waals surface area contributed by atoms with Crippen molar-refractivity contribution in [3.8, 4) is 11.5 Å². The molecule has 0 bridgehead atoms. The van der Waals surface area contributed by atoms with E-state index >= 15 is 0 Å². The van der Waals surface area contributed by atoms with Gasteiger partial charge in [-0.25, -0.2) is 4.79 Å². The van der Waals surface area contributed by atoms with Gasteiger partial charge in [0.1, 0.15) is 11.5 Å². The molecule has 1 N–H and O–H groups in total. The molecule has 132 valence electrons. The molecule has 0 atom stereocenters. The van der Waals surface area contributed by atoms with Gasteiger partial charge in [0.15, 0.2) is 6.61 Å². The van der Waals surface area contributed by atoms with Gasteiger partial charge in [-0.15, -0.1) is 0 Å². The third-order valence-corrected chi connectivity index (χ3v) is 3.23. The Labute approximate surface area is 146 Å². The highest BCUT2D eigenvalue weighted by atomic mass is 16.5. The Morgan fingerprint density at radius 2 is 1.68 bits per heavy atom. The zero-order chi connectivity index (χ0) is 18.1. The third kappa shape index (κ3) is 5.84. The van der Waals surface area contributed by atoms with Crippen LogP contribution in [0, 0.1) is 0 Å². The number of anilines is 1. The first-order valence-corrected chi connectivity index (χ1v) is 7.96. The topological polar surface area (TPSA) is 73.9 Å². The van der Waals surface area contributed by atoms with E-state index in [4.69, 9.17) is 9.47 Å². The van der Waals surface area contributed by atoms with Crippen LogP contribution in [0.25, 0.3) is 0 Å². The van der Waals surface area contributed by atoms with E-state index in [1.54, 1.807) is 48.5 Å². The molecule has 0 spiro atoms. The number of nitrogens with one attached hydrogen (secondary N) is 1. The lowest BCUT2D eigenvalue weighted by Crippen LogP contribution is -2.20. The molecule has 6 heteroatoms. The minimum Gasteiger partial charge on any atom is -0.494 e. The molecule has 2 rings (SSSR count). The lowest BCUT2D eigenvalue weighted by Gasteiger charge is -2.09. The number of carbonyl (C=O) groups excluding carboxylic acids is 2. The highest BCUT2D eigenvalue weighted by Gasteiger charge is 2.08. The van der Waals surface area contributed by atoms with Gasteiger partial charge in [0.2, 0.25) is 0 Å². The van der Waals surface area contributed by atoms with Gasteiger partial charge in [0.25, 0.3) is 5.91 Å². The molecule has 0 aliphatic heterocycles. The van der Waals surface area contributed by atoms with E-state index in [9.17, 15) is 9.59 Å². The molecule has 0 saturated carbocycles. The maximum Gasteiger partial charge on any atom is 0.337 e. The molecule has 0 radical (unpaired) electrons. The minimum atomic E-state index is -0.460. The molecular formula is C19H21NO5.